The Morgan fingerprint density at radius 3 is 0.881 bits per heavy atom. The molecule has 0 heterocycles. The van der Waals surface area contributed by atoms with Gasteiger partial charge in [-0.05, 0) is 37.0 Å². The van der Waals surface area contributed by atoms with E-state index in [0.29, 0.717) is 19.3 Å². The predicted molar refractivity (Wildman–Crippen MR) is 252 cm³/mol. The topological polar surface area (TPSA) is 78.9 Å². The Labute approximate surface area is 368 Å². The van der Waals surface area contributed by atoms with Crippen LogP contribution in [0.1, 0.15) is 286 Å². The molecule has 0 saturated carbocycles. The molecule has 0 spiro atoms. The highest BCUT2D eigenvalue weighted by Crippen LogP contribution is 2.18. The number of ether oxygens (including phenoxy) is 3. The second-order valence-electron chi connectivity index (χ2n) is 19.1. The Bertz CT molecular complexity index is 918. The van der Waals surface area contributed by atoms with Gasteiger partial charge in [-0.3, -0.25) is 14.4 Å². The van der Waals surface area contributed by atoms with Crippen molar-refractivity contribution < 1.29 is 28.6 Å². The molecule has 0 amide bonds. The summed E-state index contributed by atoms with van der Waals surface area (Å²) in [4.78, 5) is 37.9. The Balaban J connectivity index is 4.30. The van der Waals surface area contributed by atoms with Crippen molar-refractivity contribution in [2.75, 3.05) is 13.2 Å². The number of rotatable bonds is 46. The van der Waals surface area contributed by atoms with Crippen LogP contribution in [0.4, 0.5) is 0 Å². The lowest BCUT2D eigenvalue weighted by Gasteiger charge is -2.18. The second kappa shape index (κ2) is 44.5. The van der Waals surface area contributed by atoms with Crippen molar-refractivity contribution in [2.24, 2.45) is 17.8 Å². The van der Waals surface area contributed by atoms with Crippen molar-refractivity contribution >= 4 is 17.9 Å². The van der Waals surface area contributed by atoms with E-state index in [1.165, 1.54) is 167 Å². The lowest BCUT2D eigenvalue weighted by Crippen LogP contribution is -2.30. The fraction of sp³-hybridized carbons (Fsp3) is 0.943. The number of hydrogen-bond acceptors (Lipinski definition) is 6. The van der Waals surface area contributed by atoms with Gasteiger partial charge in [0.25, 0.3) is 0 Å². The minimum Gasteiger partial charge on any atom is -0.462 e. The maximum Gasteiger partial charge on any atom is 0.306 e. The summed E-state index contributed by atoms with van der Waals surface area (Å²) in [5.41, 5.74) is 0. The van der Waals surface area contributed by atoms with Gasteiger partial charge >= 0.3 is 17.9 Å². The lowest BCUT2D eigenvalue weighted by atomic mass is 9.99. The van der Waals surface area contributed by atoms with Crippen LogP contribution in [0, 0.1) is 17.8 Å². The Hall–Kier alpha value is -1.59. The molecule has 0 fully saturated rings. The van der Waals surface area contributed by atoms with Gasteiger partial charge in [-0.25, -0.2) is 0 Å². The summed E-state index contributed by atoms with van der Waals surface area (Å²) < 4.78 is 16.8. The molecule has 0 bridgehead atoms. The van der Waals surface area contributed by atoms with Gasteiger partial charge in [0.05, 0.1) is 0 Å². The third kappa shape index (κ3) is 44.3. The van der Waals surface area contributed by atoms with Gasteiger partial charge in [0, 0.05) is 19.3 Å². The van der Waals surface area contributed by atoms with Crippen molar-refractivity contribution in [1.29, 1.82) is 0 Å². The molecule has 0 aromatic carbocycles. The van der Waals surface area contributed by atoms with Gasteiger partial charge in [0.15, 0.2) is 6.10 Å². The summed E-state index contributed by atoms with van der Waals surface area (Å²) in [6.45, 7) is 13.7. The molecule has 0 saturated heterocycles. The monoisotopic (exact) mass is 835 g/mol. The zero-order valence-electron chi connectivity index (χ0n) is 40.5. The fourth-order valence-corrected chi connectivity index (χ4v) is 7.87. The summed E-state index contributed by atoms with van der Waals surface area (Å²) in [5, 5.41) is 0. The lowest BCUT2D eigenvalue weighted by molar-refractivity contribution is -0.167. The van der Waals surface area contributed by atoms with Crippen LogP contribution < -0.4 is 0 Å². The number of carbonyl (C=O) groups excluding carboxylic acids is 3. The smallest absolute Gasteiger partial charge is 0.306 e. The zero-order valence-corrected chi connectivity index (χ0v) is 40.5. The maximum absolute atomic E-state index is 12.8. The largest absolute Gasteiger partial charge is 0.462 e. The highest BCUT2D eigenvalue weighted by molar-refractivity contribution is 5.71. The molecule has 2 unspecified atom stereocenters. The van der Waals surface area contributed by atoms with Crippen molar-refractivity contribution in [3.8, 4) is 0 Å². The predicted octanol–water partition coefficient (Wildman–Crippen LogP) is 16.8. The Morgan fingerprint density at radius 1 is 0.339 bits per heavy atom. The van der Waals surface area contributed by atoms with Gasteiger partial charge in [-0.1, -0.05) is 247 Å². The highest BCUT2D eigenvalue weighted by atomic mass is 16.6. The molecule has 0 radical (unpaired) electrons. The molecule has 350 valence electrons. The Kier molecular flexibility index (Phi) is 43.3. The summed E-state index contributed by atoms with van der Waals surface area (Å²) in [6, 6.07) is 0. The van der Waals surface area contributed by atoms with E-state index >= 15 is 0 Å². The molecule has 0 rings (SSSR count). The second-order valence-corrected chi connectivity index (χ2v) is 19.1. The fourth-order valence-electron chi connectivity index (χ4n) is 7.87. The molecule has 0 aromatic heterocycles. The first-order chi connectivity index (χ1) is 28.7. The molecule has 59 heavy (non-hydrogen) atoms. The van der Waals surface area contributed by atoms with Crippen LogP contribution in [-0.2, 0) is 28.6 Å². The minimum atomic E-state index is -0.763. The van der Waals surface area contributed by atoms with E-state index in [2.05, 4.69) is 41.5 Å². The molecule has 0 aliphatic heterocycles. The van der Waals surface area contributed by atoms with Crippen LogP contribution in [0.15, 0.2) is 0 Å². The van der Waals surface area contributed by atoms with E-state index < -0.39 is 6.10 Å². The first-order valence-corrected chi connectivity index (χ1v) is 26.2. The molecule has 0 N–H and O–H groups in total. The quantitative estimate of drug-likeness (QED) is 0.0345. The molecule has 0 aliphatic carbocycles. The maximum atomic E-state index is 12.8. The van der Waals surface area contributed by atoms with Gasteiger partial charge in [0.2, 0.25) is 0 Å². The molecule has 6 nitrogen and oxygen atoms in total. The molecule has 0 aliphatic rings. The van der Waals surface area contributed by atoms with Crippen molar-refractivity contribution in [3.63, 3.8) is 0 Å². The van der Waals surface area contributed by atoms with E-state index in [1.54, 1.807) is 0 Å². The van der Waals surface area contributed by atoms with E-state index in [1.807, 2.05) is 0 Å². The average Bonchev–Trinajstić information content (AvgIpc) is 3.22. The molecule has 0 aromatic rings. The van der Waals surface area contributed by atoms with Gasteiger partial charge in [-0.15, -0.1) is 0 Å². The van der Waals surface area contributed by atoms with Crippen LogP contribution in [0.2, 0.25) is 0 Å². The van der Waals surface area contributed by atoms with E-state index in [0.717, 1.165) is 75.5 Å². The van der Waals surface area contributed by atoms with Crippen LogP contribution in [0.5, 0.6) is 0 Å². The SMILES string of the molecule is CCC(C)CCCCCCCCCCCCCCCCC(=O)O[C@@H](COC(=O)CCCCCCCCCCC(C)C)COC(=O)CCCCCCCCCCC(C)CC. The van der Waals surface area contributed by atoms with E-state index in [9.17, 15) is 14.4 Å². The van der Waals surface area contributed by atoms with Gasteiger partial charge in [0.1, 0.15) is 13.2 Å². The summed E-state index contributed by atoms with van der Waals surface area (Å²) in [6.07, 6.45) is 43.7. The summed E-state index contributed by atoms with van der Waals surface area (Å²) in [5.74, 6) is 1.68. The first-order valence-electron chi connectivity index (χ1n) is 26.2. The molecular formula is C53H102O6. The first kappa shape index (κ1) is 57.4. The minimum absolute atomic E-state index is 0.0654. The standard InChI is InChI=1S/C53H102O6/c1-7-48(5)40-34-28-22-15-13-11-9-10-12-14-16-26-32-38-44-53(56)59-50(45-57-51(54)42-36-30-24-19-17-21-27-33-39-47(3)4)46-58-52(55)43-37-31-25-20-18-23-29-35-41-49(6)8-2/h47-50H,7-46H2,1-6H3/t48?,49?,50-/m0/s1. The Morgan fingerprint density at radius 2 is 0.593 bits per heavy atom. The van der Waals surface area contributed by atoms with E-state index in [4.69, 9.17) is 14.2 Å². The van der Waals surface area contributed by atoms with Gasteiger partial charge in [-0.2, -0.15) is 0 Å². The van der Waals surface area contributed by atoms with Crippen LogP contribution in [0.3, 0.4) is 0 Å². The highest BCUT2D eigenvalue weighted by Gasteiger charge is 2.19. The number of esters is 3. The number of carbonyl (C=O) groups is 3. The van der Waals surface area contributed by atoms with Crippen LogP contribution >= 0.6 is 0 Å². The third-order valence-corrected chi connectivity index (χ3v) is 12.6. The molecule has 3 atom stereocenters. The zero-order chi connectivity index (χ0) is 43.4. The van der Waals surface area contributed by atoms with Crippen molar-refractivity contribution in [1.82, 2.24) is 0 Å². The van der Waals surface area contributed by atoms with Gasteiger partial charge < -0.3 is 14.2 Å². The van der Waals surface area contributed by atoms with Crippen molar-refractivity contribution in [2.45, 2.75) is 292 Å². The van der Waals surface area contributed by atoms with Crippen molar-refractivity contribution in [3.05, 3.63) is 0 Å². The molecular weight excluding hydrogens is 733 g/mol. The van der Waals surface area contributed by atoms with Crippen LogP contribution in [-0.4, -0.2) is 37.2 Å². The number of hydrogen-bond donors (Lipinski definition) is 0. The summed E-state index contributed by atoms with van der Waals surface area (Å²) >= 11 is 0. The molecule has 6 heteroatoms. The average molecular weight is 835 g/mol. The summed E-state index contributed by atoms with van der Waals surface area (Å²) in [7, 11) is 0. The van der Waals surface area contributed by atoms with E-state index in [-0.39, 0.29) is 31.1 Å². The number of unbranched alkanes of at least 4 members (excludes halogenated alkanes) is 27. The third-order valence-electron chi connectivity index (χ3n) is 12.6. The normalized spacial score (nSPS) is 13.1. The van der Waals surface area contributed by atoms with Crippen LogP contribution in [0.25, 0.3) is 0 Å².